The maximum absolute atomic E-state index is 2.54. The van der Waals surface area contributed by atoms with Crippen molar-refractivity contribution in [3.05, 3.63) is 234 Å². The summed E-state index contributed by atoms with van der Waals surface area (Å²) in [7, 11) is 0. The largest absolute Gasteiger partial charge is 0.310 e. The first-order valence-electron chi connectivity index (χ1n) is 20.8. The van der Waals surface area contributed by atoms with Gasteiger partial charge in [-0.25, -0.2) is 0 Å². The Balaban J connectivity index is 1.09. The van der Waals surface area contributed by atoms with Gasteiger partial charge in [0, 0.05) is 22.5 Å². The van der Waals surface area contributed by atoms with E-state index in [0.29, 0.717) is 0 Å². The molecule has 0 aliphatic heterocycles. The first-order valence-corrected chi connectivity index (χ1v) is 20.8. The molecule has 1 spiro atoms. The lowest BCUT2D eigenvalue weighted by molar-refractivity contribution is 0.660. The standard InChI is InChI=1S/C58H39N/c1-57(2)50-25-13-10-20-43(50)46-31-30-40(35-53(46)57)59(38-16-4-3-5-17-38)39-29-28-36-33-49-54(34-37(36)32-39)58(51-26-14-11-21-44(51)45-22-12-15-27-52(45)58)56-48-24-9-7-19-42(48)41-18-6-8-23-47(41)55(49)56/h3-35H,1-2H3. The highest BCUT2D eigenvalue weighted by atomic mass is 15.1. The molecule has 3 aliphatic carbocycles. The van der Waals surface area contributed by atoms with E-state index in [0.717, 1.165) is 17.1 Å². The molecule has 1 nitrogen and oxygen atoms in total. The maximum Gasteiger partial charge on any atom is 0.0731 e. The molecular formula is C58H39N. The van der Waals surface area contributed by atoms with Gasteiger partial charge in [0.2, 0.25) is 0 Å². The van der Waals surface area contributed by atoms with Crippen molar-refractivity contribution in [1.29, 1.82) is 0 Å². The van der Waals surface area contributed by atoms with E-state index in [-0.39, 0.29) is 5.41 Å². The minimum absolute atomic E-state index is 0.0975. The summed E-state index contributed by atoms with van der Waals surface area (Å²) in [5.74, 6) is 0. The zero-order valence-corrected chi connectivity index (χ0v) is 33.0. The second-order valence-electron chi connectivity index (χ2n) is 17.2. The van der Waals surface area contributed by atoms with Crippen LogP contribution < -0.4 is 4.90 Å². The number of hydrogen-bond donors (Lipinski definition) is 0. The van der Waals surface area contributed by atoms with Gasteiger partial charge in [-0.2, -0.15) is 0 Å². The highest BCUT2D eigenvalue weighted by Gasteiger charge is 2.53. The van der Waals surface area contributed by atoms with E-state index >= 15 is 0 Å². The summed E-state index contributed by atoms with van der Waals surface area (Å²) in [6.07, 6.45) is 0. The Kier molecular flexibility index (Phi) is 6.50. The summed E-state index contributed by atoms with van der Waals surface area (Å²) in [6, 6.07) is 75.5. The van der Waals surface area contributed by atoms with Crippen LogP contribution in [0.5, 0.6) is 0 Å². The van der Waals surface area contributed by atoms with Gasteiger partial charge < -0.3 is 4.90 Å². The molecule has 0 saturated carbocycles. The highest BCUT2D eigenvalue weighted by molar-refractivity contribution is 6.20. The van der Waals surface area contributed by atoms with Gasteiger partial charge in [-0.1, -0.05) is 166 Å². The van der Waals surface area contributed by atoms with Crippen molar-refractivity contribution in [2.45, 2.75) is 24.7 Å². The van der Waals surface area contributed by atoms with Crippen LogP contribution in [0.25, 0.3) is 65.7 Å². The van der Waals surface area contributed by atoms with Gasteiger partial charge in [-0.05, 0) is 148 Å². The molecule has 3 aliphatic rings. The second-order valence-corrected chi connectivity index (χ2v) is 17.2. The number of benzene rings is 10. The number of rotatable bonds is 3. The van der Waals surface area contributed by atoms with Gasteiger partial charge in [-0.3, -0.25) is 0 Å². The van der Waals surface area contributed by atoms with Crippen LogP contribution in [0.4, 0.5) is 17.1 Å². The normalized spacial score (nSPS) is 14.5. The van der Waals surface area contributed by atoms with Crippen LogP contribution in [-0.2, 0) is 10.8 Å². The molecule has 0 atom stereocenters. The van der Waals surface area contributed by atoms with Crippen LogP contribution in [0.1, 0.15) is 47.2 Å². The van der Waals surface area contributed by atoms with Crippen molar-refractivity contribution in [2.75, 3.05) is 4.90 Å². The molecule has 0 heterocycles. The van der Waals surface area contributed by atoms with Crippen molar-refractivity contribution >= 4 is 49.4 Å². The minimum atomic E-state index is -0.481. The third kappa shape index (κ3) is 4.19. The number of anilines is 3. The van der Waals surface area contributed by atoms with Gasteiger partial charge in [0.25, 0.3) is 0 Å². The monoisotopic (exact) mass is 749 g/mol. The van der Waals surface area contributed by atoms with Gasteiger partial charge in [-0.15, -0.1) is 0 Å². The number of fused-ring (bicyclic) bond motifs is 19. The molecular weight excluding hydrogens is 711 g/mol. The SMILES string of the molecule is CC1(C)c2ccccc2-c2ccc(N(c3ccccc3)c3ccc4cc5c(cc4c3)C3(c4ccccc4-c4ccccc43)c3c-5c4ccccc4c4ccccc34)cc21. The van der Waals surface area contributed by atoms with E-state index in [4.69, 9.17) is 0 Å². The van der Waals surface area contributed by atoms with Crippen molar-refractivity contribution < 1.29 is 0 Å². The fourth-order valence-corrected chi connectivity index (χ4v) is 11.5. The summed E-state index contributed by atoms with van der Waals surface area (Å²) >= 11 is 0. The van der Waals surface area contributed by atoms with E-state index in [1.807, 2.05) is 0 Å². The van der Waals surface area contributed by atoms with E-state index in [2.05, 4.69) is 219 Å². The first-order chi connectivity index (χ1) is 29.0. The molecule has 0 N–H and O–H groups in total. The lowest BCUT2D eigenvalue weighted by Gasteiger charge is -2.32. The van der Waals surface area contributed by atoms with E-state index in [1.165, 1.54) is 99.1 Å². The molecule has 0 amide bonds. The molecule has 0 unspecified atom stereocenters. The van der Waals surface area contributed by atoms with Crippen LogP contribution in [-0.4, -0.2) is 0 Å². The van der Waals surface area contributed by atoms with Gasteiger partial charge in [0.15, 0.2) is 0 Å². The Morgan fingerprint density at radius 2 is 0.847 bits per heavy atom. The zero-order valence-electron chi connectivity index (χ0n) is 33.0. The molecule has 59 heavy (non-hydrogen) atoms. The third-order valence-corrected chi connectivity index (χ3v) is 14.0. The third-order valence-electron chi connectivity index (χ3n) is 14.0. The van der Waals surface area contributed by atoms with Crippen LogP contribution in [0.3, 0.4) is 0 Å². The second kappa shape index (κ2) is 11.7. The fourth-order valence-electron chi connectivity index (χ4n) is 11.5. The van der Waals surface area contributed by atoms with Crippen molar-refractivity contribution in [3.63, 3.8) is 0 Å². The van der Waals surface area contributed by atoms with Crippen molar-refractivity contribution in [3.8, 4) is 33.4 Å². The number of para-hydroxylation sites is 1. The van der Waals surface area contributed by atoms with Gasteiger partial charge in [0.1, 0.15) is 0 Å². The Morgan fingerprint density at radius 3 is 1.56 bits per heavy atom. The van der Waals surface area contributed by atoms with E-state index in [1.54, 1.807) is 0 Å². The van der Waals surface area contributed by atoms with Crippen LogP contribution in [0.2, 0.25) is 0 Å². The van der Waals surface area contributed by atoms with Gasteiger partial charge >= 0.3 is 0 Å². The van der Waals surface area contributed by atoms with Gasteiger partial charge in [0.05, 0.1) is 5.41 Å². The Bertz CT molecular complexity index is 3380. The van der Waals surface area contributed by atoms with E-state index < -0.39 is 5.41 Å². The first kappa shape index (κ1) is 32.8. The molecule has 10 aromatic carbocycles. The topological polar surface area (TPSA) is 3.24 Å². The molecule has 0 bridgehead atoms. The molecule has 0 saturated heterocycles. The van der Waals surface area contributed by atoms with E-state index in [9.17, 15) is 0 Å². The molecule has 1 heteroatoms. The molecule has 10 aromatic rings. The lowest BCUT2D eigenvalue weighted by Crippen LogP contribution is -2.26. The quantitative estimate of drug-likeness (QED) is 0.163. The van der Waals surface area contributed by atoms with Crippen LogP contribution >= 0.6 is 0 Å². The molecule has 0 aromatic heterocycles. The summed E-state index contributed by atoms with van der Waals surface area (Å²) in [5.41, 5.74) is 19.1. The Labute approximate surface area is 344 Å². The van der Waals surface area contributed by atoms with Crippen molar-refractivity contribution in [1.82, 2.24) is 0 Å². The summed E-state index contributed by atoms with van der Waals surface area (Å²) in [5, 5.41) is 7.73. The highest BCUT2D eigenvalue weighted by Crippen LogP contribution is 2.66. The lowest BCUT2D eigenvalue weighted by atomic mass is 9.69. The smallest absolute Gasteiger partial charge is 0.0731 e. The molecule has 13 rings (SSSR count). The van der Waals surface area contributed by atoms with Crippen LogP contribution in [0, 0.1) is 0 Å². The summed E-state index contributed by atoms with van der Waals surface area (Å²) in [6.45, 7) is 4.73. The predicted octanol–water partition coefficient (Wildman–Crippen LogP) is 15.3. The van der Waals surface area contributed by atoms with Crippen molar-refractivity contribution in [2.24, 2.45) is 0 Å². The fraction of sp³-hybridized carbons (Fsp3) is 0.0690. The average Bonchev–Trinajstić information content (AvgIpc) is 3.84. The summed E-state index contributed by atoms with van der Waals surface area (Å²) < 4.78 is 0. The Morgan fingerprint density at radius 1 is 0.322 bits per heavy atom. The number of hydrogen-bond acceptors (Lipinski definition) is 1. The molecule has 0 radical (unpaired) electrons. The zero-order chi connectivity index (χ0) is 39.0. The number of nitrogens with zero attached hydrogens (tertiary/aromatic N) is 1. The van der Waals surface area contributed by atoms with Crippen LogP contribution in [0.15, 0.2) is 200 Å². The molecule has 276 valence electrons. The summed E-state index contributed by atoms with van der Waals surface area (Å²) in [4.78, 5) is 2.44. The molecule has 0 fully saturated rings. The maximum atomic E-state index is 2.54. The average molecular weight is 750 g/mol. The predicted molar refractivity (Wildman–Crippen MR) is 248 cm³/mol. The Hall–Kier alpha value is -7.22. The minimum Gasteiger partial charge on any atom is -0.310 e.